The molecule has 4 nitrogen and oxygen atoms in total. The van der Waals surface area contributed by atoms with Gasteiger partial charge >= 0.3 is 0 Å². The maximum atomic E-state index is 12.0. The van der Waals surface area contributed by atoms with Crippen LogP contribution in [-0.2, 0) is 11.2 Å². The van der Waals surface area contributed by atoms with Crippen molar-refractivity contribution >= 4 is 22.4 Å². The molecule has 1 aromatic heterocycles. The van der Waals surface area contributed by atoms with Gasteiger partial charge in [-0.05, 0) is 43.4 Å². The predicted molar refractivity (Wildman–Crippen MR) is 71.5 cm³/mol. The van der Waals surface area contributed by atoms with E-state index in [9.17, 15) is 4.79 Å². The van der Waals surface area contributed by atoms with E-state index < -0.39 is 0 Å². The number of aromatic nitrogens is 2. The van der Waals surface area contributed by atoms with Crippen LogP contribution in [0.2, 0.25) is 0 Å². The van der Waals surface area contributed by atoms with Crippen molar-refractivity contribution in [2.75, 3.05) is 5.32 Å². The van der Waals surface area contributed by atoms with Crippen molar-refractivity contribution < 1.29 is 4.79 Å². The SMILES string of the molecule is CCc1nnc(NC(=O)C[C@H]2C[C@H]3CC[C@@H]2C3)s1. The zero-order valence-electron chi connectivity index (χ0n) is 10.7. The van der Waals surface area contributed by atoms with Crippen molar-refractivity contribution in [3.8, 4) is 0 Å². The zero-order chi connectivity index (χ0) is 12.5. The van der Waals surface area contributed by atoms with Gasteiger partial charge in [-0.2, -0.15) is 0 Å². The Hall–Kier alpha value is -0.970. The summed E-state index contributed by atoms with van der Waals surface area (Å²) in [5, 5.41) is 12.5. The topological polar surface area (TPSA) is 54.9 Å². The molecule has 2 saturated carbocycles. The molecule has 5 heteroatoms. The van der Waals surface area contributed by atoms with Crippen molar-refractivity contribution in [2.24, 2.45) is 17.8 Å². The minimum absolute atomic E-state index is 0.117. The van der Waals surface area contributed by atoms with Crippen LogP contribution in [0.15, 0.2) is 0 Å². The van der Waals surface area contributed by atoms with Gasteiger partial charge in [0.05, 0.1) is 0 Å². The van der Waals surface area contributed by atoms with Crippen molar-refractivity contribution in [3.05, 3.63) is 5.01 Å². The third-order valence-corrected chi connectivity index (χ3v) is 5.33. The van der Waals surface area contributed by atoms with E-state index in [4.69, 9.17) is 0 Å². The summed E-state index contributed by atoms with van der Waals surface area (Å²) in [4.78, 5) is 12.0. The molecule has 1 amide bonds. The number of rotatable bonds is 4. The second kappa shape index (κ2) is 4.96. The fourth-order valence-corrected chi connectivity index (χ4v) is 4.18. The van der Waals surface area contributed by atoms with E-state index in [1.165, 1.54) is 37.0 Å². The average Bonchev–Trinajstić information content (AvgIpc) is 3.04. The maximum absolute atomic E-state index is 12.0. The van der Waals surface area contributed by atoms with Crippen LogP contribution in [0.1, 0.15) is 44.0 Å². The van der Waals surface area contributed by atoms with E-state index in [1.54, 1.807) is 0 Å². The molecule has 1 aromatic rings. The molecule has 2 aliphatic carbocycles. The molecule has 1 N–H and O–H groups in total. The lowest BCUT2D eigenvalue weighted by molar-refractivity contribution is -0.117. The number of carbonyl (C=O) groups is 1. The minimum Gasteiger partial charge on any atom is -0.301 e. The smallest absolute Gasteiger partial charge is 0.226 e. The van der Waals surface area contributed by atoms with Gasteiger partial charge in [0, 0.05) is 6.42 Å². The van der Waals surface area contributed by atoms with E-state index in [2.05, 4.69) is 15.5 Å². The van der Waals surface area contributed by atoms with E-state index >= 15 is 0 Å². The molecule has 0 saturated heterocycles. The van der Waals surface area contributed by atoms with Gasteiger partial charge in [0.15, 0.2) is 0 Å². The Balaban J connectivity index is 1.52. The van der Waals surface area contributed by atoms with Gasteiger partial charge in [0.1, 0.15) is 5.01 Å². The molecule has 2 aliphatic rings. The Kier molecular flexibility index (Phi) is 3.33. The fourth-order valence-electron chi connectivity index (χ4n) is 3.48. The molecule has 2 bridgehead atoms. The van der Waals surface area contributed by atoms with E-state index in [-0.39, 0.29) is 5.91 Å². The summed E-state index contributed by atoms with van der Waals surface area (Å²) in [6.45, 7) is 2.04. The third kappa shape index (κ3) is 2.41. The third-order valence-electron chi connectivity index (χ3n) is 4.35. The molecule has 0 aliphatic heterocycles. The Morgan fingerprint density at radius 2 is 2.28 bits per heavy atom. The van der Waals surface area contributed by atoms with E-state index in [1.807, 2.05) is 6.92 Å². The quantitative estimate of drug-likeness (QED) is 0.910. The van der Waals surface area contributed by atoms with Gasteiger partial charge < -0.3 is 5.32 Å². The molecule has 3 rings (SSSR count). The first-order chi connectivity index (χ1) is 8.74. The summed E-state index contributed by atoms with van der Waals surface area (Å²) >= 11 is 1.48. The number of aryl methyl sites for hydroxylation is 1. The van der Waals surface area contributed by atoms with Gasteiger partial charge in [0.25, 0.3) is 0 Å². The summed E-state index contributed by atoms with van der Waals surface area (Å²) < 4.78 is 0. The molecule has 0 aromatic carbocycles. The highest BCUT2D eigenvalue weighted by Crippen LogP contribution is 2.49. The van der Waals surface area contributed by atoms with Gasteiger partial charge in [-0.25, -0.2) is 0 Å². The summed E-state index contributed by atoms with van der Waals surface area (Å²) in [6, 6.07) is 0. The van der Waals surface area contributed by atoms with Crippen LogP contribution in [0.25, 0.3) is 0 Å². The standard InChI is InChI=1S/C13H19N3OS/c1-2-12-15-16-13(18-12)14-11(17)7-10-6-8-3-4-9(10)5-8/h8-10H,2-7H2,1H3,(H,14,16,17)/t8-,9+,10+/m0/s1. The Labute approximate surface area is 111 Å². The number of carbonyl (C=O) groups excluding carboxylic acids is 1. The van der Waals surface area contributed by atoms with Gasteiger partial charge in [0.2, 0.25) is 11.0 Å². The lowest BCUT2D eigenvalue weighted by atomic mass is 9.86. The monoisotopic (exact) mass is 265 g/mol. The number of anilines is 1. The molecule has 18 heavy (non-hydrogen) atoms. The number of fused-ring (bicyclic) bond motifs is 2. The van der Waals surface area contributed by atoms with Crippen LogP contribution in [0.4, 0.5) is 5.13 Å². The summed E-state index contributed by atoms with van der Waals surface area (Å²) in [7, 11) is 0. The number of nitrogens with zero attached hydrogens (tertiary/aromatic N) is 2. The Bertz CT molecular complexity index is 445. The van der Waals surface area contributed by atoms with Crippen LogP contribution in [0, 0.1) is 17.8 Å². The van der Waals surface area contributed by atoms with Crippen molar-refractivity contribution in [1.29, 1.82) is 0 Å². The fraction of sp³-hybridized carbons (Fsp3) is 0.769. The largest absolute Gasteiger partial charge is 0.301 e. The highest BCUT2D eigenvalue weighted by Gasteiger charge is 2.40. The predicted octanol–water partition coefficient (Wildman–Crippen LogP) is 2.87. The molecule has 0 spiro atoms. The first-order valence-electron chi connectivity index (χ1n) is 6.86. The highest BCUT2D eigenvalue weighted by atomic mass is 32.1. The van der Waals surface area contributed by atoms with Crippen LogP contribution >= 0.6 is 11.3 Å². The normalized spacial score (nSPS) is 29.7. The second-order valence-corrected chi connectivity index (χ2v) is 6.60. The van der Waals surface area contributed by atoms with Gasteiger partial charge in [-0.1, -0.05) is 24.7 Å². The molecule has 3 atom stereocenters. The zero-order valence-corrected chi connectivity index (χ0v) is 11.5. The minimum atomic E-state index is 0.117. The molecule has 2 fully saturated rings. The summed E-state index contributed by atoms with van der Waals surface area (Å²) in [5.41, 5.74) is 0. The Morgan fingerprint density at radius 3 is 2.89 bits per heavy atom. The van der Waals surface area contributed by atoms with Crippen molar-refractivity contribution in [1.82, 2.24) is 10.2 Å². The second-order valence-electron chi connectivity index (χ2n) is 5.54. The first-order valence-corrected chi connectivity index (χ1v) is 7.68. The van der Waals surface area contributed by atoms with Crippen LogP contribution in [0.3, 0.4) is 0 Å². The van der Waals surface area contributed by atoms with Crippen molar-refractivity contribution in [2.45, 2.75) is 45.4 Å². The first kappa shape index (κ1) is 12.1. The van der Waals surface area contributed by atoms with E-state index in [0.717, 1.165) is 23.3 Å². The molecule has 0 unspecified atom stereocenters. The van der Waals surface area contributed by atoms with E-state index in [0.29, 0.717) is 17.5 Å². The number of hydrogen-bond acceptors (Lipinski definition) is 4. The lowest BCUT2D eigenvalue weighted by Gasteiger charge is -2.20. The molecular weight excluding hydrogens is 246 g/mol. The number of nitrogens with one attached hydrogen (secondary N) is 1. The summed E-state index contributed by atoms with van der Waals surface area (Å²) in [6.07, 6.45) is 6.88. The molecular formula is C13H19N3OS. The highest BCUT2D eigenvalue weighted by molar-refractivity contribution is 7.15. The molecule has 98 valence electrons. The van der Waals surface area contributed by atoms with Gasteiger partial charge in [-0.3, -0.25) is 4.79 Å². The van der Waals surface area contributed by atoms with Crippen LogP contribution < -0.4 is 5.32 Å². The average molecular weight is 265 g/mol. The number of amides is 1. The lowest BCUT2D eigenvalue weighted by Crippen LogP contribution is -2.20. The van der Waals surface area contributed by atoms with Crippen molar-refractivity contribution in [3.63, 3.8) is 0 Å². The molecule has 0 radical (unpaired) electrons. The Morgan fingerprint density at radius 1 is 1.39 bits per heavy atom. The summed E-state index contributed by atoms with van der Waals surface area (Å²) in [5.74, 6) is 2.44. The molecule has 1 heterocycles. The van der Waals surface area contributed by atoms with Crippen LogP contribution in [0.5, 0.6) is 0 Å². The maximum Gasteiger partial charge on any atom is 0.226 e. The number of hydrogen-bond donors (Lipinski definition) is 1. The van der Waals surface area contributed by atoms with Gasteiger partial charge in [-0.15, -0.1) is 10.2 Å². The van der Waals surface area contributed by atoms with Crippen LogP contribution in [-0.4, -0.2) is 16.1 Å².